The van der Waals surface area contributed by atoms with Crippen molar-refractivity contribution in [2.75, 3.05) is 33.9 Å². The van der Waals surface area contributed by atoms with E-state index in [1.807, 2.05) is 0 Å². The molecule has 0 rings (SSSR count). The van der Waals surface area contributed by atoms with Crippen LogP contribution in [0.1, 0.15) is 27.2 Å². The Morgan fingerprint density at radius 2 is 1.80 bits per heavy atom. The first-order valence-corrected chi connectivity index (χ1v) is 5.43. The van der Waals surface area contributed by atoms with Crippen molar-refractivity contribution in [1.29, 1.82) is 0 Å². The summed E-state index contributed by atoms with van der Waals surface area (Å²) in [6.07, 6.45) is 1.12. The summed E-state index contributed by atoms with van der Waals surface area (Å²) in [5.74, 6) is 0.844. The van der Waals surface area contributed by atoms with Crippen molar-refractivity contribution >= 4 is 5.96 Å². The quantitative estimate of drug-likeness (QED) is 0.412. The Morgan fingerprint density at radius 3 is 2.27 bits per heavy atom. The molecule has 0 aromatic heterocycles. The van der Waals surface area contributed by atoms with E-state index in [9.17, 15) is 0 Å². The number of rotatable bonds is 5. The molecule has 0 heterocycles. The molecular formula is C11H25N3O. The fourth-order valence-corrected chi connectivity index (χ4v) is 1.05. The number of hydrogen-bond donors (Lipinski definition) is 2. The molecule has 2 N–H and O–H groups in total. The summed E-state index contributed by atoms with van der Waals surface area (Å²) in [6, 6.07) is 0. The van der Waals surface area contributed by atoms with Crippen LogP contribution in [0.4, 0.5) is 0 Å². The minimum absolute atomic E-state index is 0.360. The van der Waals surface area contributed by atoms with Gasteiger partial charge in [0.25, 0.3) is 0 Å². The van der Waals surface area contributed by atoms with Gasteiger partial charge in [-0.15, -0.1) is 0 Å². The van der Waals surface area contributed by atoms with Crippen molar-refractivity contribution < 1.29 is 4.74 Å². The van der Waals surface area contributed by atoms with Crippen LogP contribution in [-0.4, -0.2) is 39.8 Å². The fourth-order valence-electron chi connectivity index (χ4n) is 1.05. The Kier molecular flexibility index (Phi) is 7.13. The topological polar surface area (TPSA) is 45.7 Å². The van der Waals surface area contributed by atoms with Gasteiger partial charge in [0.2, 0.25) is 0 Å². The van der Waals surface area contributed by atoms with E-state index in [1.165, 1.54) is 0 Å². The van der Waals surface area contributed by atoms with Crippen molar-refractivity contribution in [3.63, 3.8) is 0 Å². The summed E-state index contributed by atoms with van der Waals surface area (Å²) in [6.45, 7) is 9.11. The molecule has 0 atom stereocenters. The Balaban J connectivity index is 3.63. The average molecular weight is 215 g/mol. The van der Waals surface area contributed by atoms with Crippen LogP contribution >= 0.6 is 0 Å². The molecule has 0 saturated heterocycles. The van der Waals surface area contributed by atoms with E-state index in [2.05, 4.69) is 36.4 Å². The lowest BCUT2D eigenvalue weighted by Gasteiger charge is -2.19. The van der Waals surface area contributed by atoms with Gasteiger partial charge in [-0.05, 0) is 11.8 Å². The lowest BCUT2D eigenvalue weighted by Crippen LogP contribution is -2.40. The van der Waals surface area contributed by atoms with Crippen molar-refractivity contribution in [2.24, 2.45) is 10.4 Å². The molecule has 0 bridgehead atoms. The summed E-state index contributed by atoms with van der Waals surface area (Å²) < 4.78 is 4.95. The summed E-state index contributed by atoms with van der Waals surface area (Å²) >= 11 is 0. The van der Waals surface area contributed by atoms with Crippen LogP contribution < -0.4 is 10.6 Å². The number of ether oxygens (including phenoxy) is 1. The molecule has 4 heteroatoms. The van der Waals surface area contributed by atoms with Crippen LogP contribution in [-0.2, 0) is 4.74 Å². The predicted octanol–water partition coefficient (Wildman–Crippen LogP) is 1.23. The second-order valence-electron chi connectivity index (χ2n) is 4.73. The molecule has 0 fully saturated rings. The van der Waals surface area contributed by atoms with E-state index in [-0.39, 0.29) is 0 Å². The van der Waals surface area contributed by atoms with Crippen molar-refractivity contribution in [3.05, 3.63) is 0 Å². The van der Waals surface area contributed by atoms with Gasteiger partial charge >= 0.3 is 0 Å². The van der Waals surface area contributed by atoms with E-state index in [0.29, 0.717) is 12.0 Å². The van der Waals surface area contributed by atoms with Crippen molar-refractivity contribution in [3.8, 4) is 0 Å². The van der Waals surface area contributed by atoms with Gasteiger partial charge in [0.1, 0.15) is 0 Å². The molecule has 0 aromatic rings. The molecule has 15 heavy (non-hydrogen) atoms. The second-order valence-corrected chi connectivity index (χ2v) is 4.73. The molecular weight excluding hydrogens is 190 g/mol. The Bertz CT molecular complexity index is 185. The zero-order valence-electron chi connectivity index (χ0n) is 10.7. The van der Waals surface area contributed by atoms with Crippen LogP contribution in [0.2, 0.25) is 0 Å². The Hall–Kier alpha value is -0.770. The number of nitrogens with one attached hydrogen (secondary N) is 2. The highest BCUT2D eigenvalue weighted by Crippen LogP contribution is 2.16. The first kappa shape index (κ1) is 14.2. The molecule has 0 saturated carbocycles. The molecule has 0 aliphatic carbocycles. The third-order valence-corrected chi connectivity index (χ3v) is 1.99. The van der Waals surface area contributed by atoms with Gasteiger partial charge in [-0.25, -0.2) is 0 Å². The van der Waals surface area contributed by atoms with Gasteiger partial charge in [0.15, 0.2) is 5.96 Å². The minimum Gasteiger partial charge on any atom is -0.383 e. The monoisotopic (exact) mass is 215 g/mol. The van der Waals surface area contributed by atoms with Crippen molar-refractivity contribution in [1.82, 2.24) is 10.6 Å². The number of methoxy groups -OCH3 is 1. The highest BCUT2D eigenvalue weighted by atomic mass is 16.5. The van der Waals surface area contributed by atoms with Crippen molar-refractivity contribution in [2.45, 2.75) is 27.2 Å². The number of aliphatic imine (C=N–C) groups is 1. The van der Waals surface area contributed by atoms with Gasteiger partial charge in [0, 0.05) is 27.2 Å². The van der Waals surface area contributed by atoms with Crippen LogP contribution in [0, 0.1) is 5.41 Å². The molecule has 0 aliphatic rings. The maximum absolute atomic E-state index is 4.95. The minimum atomic E-state index is 0.360. The fraction of sp³-hybridized carbons (Fsp3) is 0.909. The second kappa shape index (κ2) is 7.51. The number of guanidine groups is 1. The SMILES string of the molecule is CN=C(NCCOC)NCCC(C)(C)C. The zero-order chi connectivity index (χ0) is 11.7. The lowest BCUT2D eigenvalue weighted by atomic mass is 9.92. The Morgan fingerprint density at radius 1 is 1.20 bits per heavy atom. The summed E-state index contributed by atoms with van der Waals surface area (Å²) in [7, 11) is 3.47. The third-order valence-electron chi connectivity index (χ3n) is 1.99. The smallest absolute Gasteiger partial charge is 0.191 e. The standard InChI is InChI=1S/C11H25N3O/c1-11(2,3)6-7-13-10(12-4)14-8-9-15-5/h6-9H2,1-5H3,(H2,12,13,14). The summed E-state index contributed by atoms with van der Waals surface area (Å²) in [4.78, 5) is 4.12. The molecule has 4 nitrogen and oxygen atoms in total. The molecule has 0 aliphatic heterocycles. The number of nitrogens with zero attached hydrogens (tertiary/aromatic N) is 1. The lowest BCUT2D eigenvalue weighted by molar-refractivity contribution is 0.203. The Labute approximate surface area is 93.5 Å². The average Bonchev–Trinajstić information content (AvgIpc) is 2.14. The maximum Gasteiger partial charge on any atom is 0.191 e. The van der Waals surface area contributed by atoms with Gasteiger partial charge in [-0.2, -0.15) is 0 Å². The number of hydrogen-bond acceptors (Lipinski definition) is 2. The van der Waals surface area contributed by atoms with Gasteiger partial charge in [-0.3, -0.25) is 4.99 Å². The normalized spacial score (nSPS) is 12.7. The highest BCUT2D eigenvalue weighted by molar-refractivity contribution is 5.79. The largest absolute Gasteiger partial charge is 0.383 e. The third kappa shape index (κ3) is 9.53. The first-order valence-electron chi connectivity index (χ1n) is 5.43. The van der Waals surface area contributed by atoms with Crippen LogP contribution in [0.15, 0.2) is 4.99 Å². The van der Waals surface area contributed by atoms with Gasteiger partial charge in [-0.1, -0.05) is 20.8 Å². The summed E-state index contributed by atoms with van der Waals surface area (Å²) in [5.41, 5.74) is 0.360. The highest BCUT2D eigenvalue weighted by Gasteiger charge is 2.09. The zero-order valence-corrected chi connectivity index (χ0v) is 10.7. The van der Waals surface area contributed by atoms with Crippen LogP contribution in [0.3, 0.4) is 0 Å². The molecule has 0 spiro atoms. The van der Waals surface area contributed by atoms with Crippen LogP contribution in [0.25, 0.3) is 0 Å². The van der Waals surface area contributed by atoms with Gasteiger partial charge < -0.3 is 15.4 Å². The molecule has 90 valence electrons. The molecule has 0 radical (unpaired) electrons. The maximum atomic E-state index is 4.95. The predicted molar refractivity (Wildman–Crippen MR) is 65.3 cm³/mol. The van der Waals surface area contributed by atoms with E-state index in [0.717, 1.165) is 25.5 Å². The van der Waals surface area contributed by atoms with Crippen LogP contribution in [0.5, 0.6) is 0 Å². The van der Waals surface area contributed by atoms with E-state index < -0.39 is 0 Å². The van der Waals surface area contributed by atoms with E-state index in [4.69, 9.17) is 4.74 Å². The summed E-state index contributed by atoms with van der Waals surface area (Å²) in [5, 5.41) is 6.44. The van der Waals surface area contributed by atoms with Gasteiger partial charge in [0.05, 0.1) is 6.61 Å². The van der Waals surface area contributed by atoms with E-state index in [1.54, 1.807) is 14.2 Å². The molecule has 0 unspecified atom stereocenters. The first-order chi connectivity index (χ1) is 6.99. The molecule has 0 amide bonds. The molecule has 0 aromatic carbocycles. The van der Waals surface area contributed by atoms with E-state index >= 15 is 0 Å².